The van der Waals surface area contributed by atoms with Gasteiger partial charge in [-0.15, -0.1) is 0 Å². The summed E-state index contributed by atoms with van der Waals surface area (Å²) in [5.41, 5.74) is 9.59. The second kappa shape index (κ2) is 9.54. The zero-order valence-electron chi connectivity index (χ0n) is 16.8. The maximum atomic E-state index is 13.4. The van der Waals surface area contributed by atoms with Crippen LogP contribution in [0.2, 0.25) is 5.02 Å². The lowest BCUT2D eigenvalue weighted by Crippen LogP contribution is -2.27. The second-order valence-corrected chi connectivity index (χ2v) is 8.44. The average molecular weight is 425 g/mol. The Labute approximate surface area is 181 Å². The summed E-state index contributed by atoms with van der Waals surface area (Å²) in [5.74, 6) is 1.10. The Balaban J connectivity index is 1.48. The molecule has 1 aromatic carbocycles. The zero-order valence-corrected chi connectivity index (χ0v) is 17.6. The van der Waals surface area contributed by atoms with Crippen LogP contribution < -0.4 is 11.1 Å². The van der Waals surface area contributed by atoms with Gasteiger partial charge in [0.2, 0.25) is 0 Å². The van der Waals surface area contributed by atoms with E-state index in [9.17, 15) is 4.39 Å². The lowest BCUT2D eigenvalue weighted by Gasteiger charge is -2.25. The van der Waals surface area contributed by atoms with Crippen molar-refractivity contribution in [2.24, 2.45) is 11.7 Å². The molecule has 0 amide bonds. The SMILES string of the molecule is NC1CCC(Cc2cc(-c3cccc(NCc4cccc(F)c4)n3)c(Cl)cn2)CC1. The summed E-state index contributed by atoms with van der Waals surface area (Å²) in [7, 11) is 0. The van der Waals surface area contributed by atoms with Crippen LogP contribution in [0.3, 0.4) is 0 Å². The highest BCUT2D eigenvalue weighted by molar-refractivity contribution is 6.33. The van der Waals surface area contributed by atoms with Crippen LogP contribution in [0, 0.1) is 11.7 Å². The Morgan fingerprint density at radius 3 is 2.67 bits per heavy atom. The number of rotatable bonds is 6. The summed E-state index contributed by atoms with van der Waals surface area (Å²) in [6, 6.07) is 14.7. The van der Waals surface area contributed by atoms with E-state index >= 15 is 0 Å². The third-order valence-electron chi connectivity index (χ3n) is 5.69. The highest BCUT2D eigenvalue weighted by Crippen LogP contribution is 2.30. The van der Waals surface area contributed by atoms with Crippen molar-refractivity contribution in [1.29, 1.82) is 0 Å². The third kappa shape index (κ3) is 5.35. The Morgan fingerprint density at radius 2 is 1.87 bits per heavy atom. The molecule has 0 radical (unpaired) electrons. The minimum Gasteiger partial charge on any atom is -0.366 e. The van der Waals surface area contributed by atoms with E-state index in [2.05, 4.69) is 16.4 Å². The van der Waals surface area contributed by atoms with Gasteiger partial charge in [-0.1, -0.05) is 29.8 Å². The van der Waals surface area contributed by atoms with Gasteiger partial charge in [-0.2, -0.15) is 0 Å². The molecule has 0 unspecified atom stereocenters. The molecule has 3 N–H and O–H groups in total. The van der Waals surface area contributed by atoms with Crippen LogP contribution in [0.5, 0.6) is 0 Å². The molecule has 0 spiro atoms. The maximum Gasteiger partial charge on any atom is 0.126 e. The van der Waals surface area contributed by atoms with E-state index in [1.165, 1.54) is 12.1 Å². The largest absolute Gasteiger partial charge is 0.366 e. The third-order valence-corrected chi connectivity index (χ3v) is 5.99. The number of nitrogens with two attached hydrogens (primary N) is 1. The highest BCUT2D eigenvalue weighted by Gasteiger charge is 2.20. The quantitative estimate of drug-likeness (QED) is 0.540. The zero-order chi connectivity index (χ0) is 20.9. The van der Waals surface area contributed by atoms with Crippen molar-refractivity contribution in [2.45, 2.75) is 44.7 Å². The number of halogens is 2. The van der Waals surface area contributed by atoms with E-state index in [0.29, 0.717) is 29.3 Å². The fourth-order valence-corrected chi connectivity index (χ4v) is 4.20. The molecule has 6 heteroatoms. The standard InChI is InChI=1S/C24H26ClFN4/c25-22-15-28-20(12-16-7-9-19(27)10-8-16)13-21(22)23-5-2-6-24(30-23)29-14-17-3-1-4-18(26)11-17/h1-6,11,13,15-16,19H,7-10,12,14,27H2,(H,29,30). The first-order valence-corrected chi connectivity index (χ1v) is 10.8. The lowest BCUT2D eigenvalue weighted by atomic mass is 9.83. The molecular weight excluding hydrogens is 399 g/mol. The summed E-state index contributed by atoms with van der Waals surface area (Å²) in [5, 5.41) is 3.84. The predicted octanol–water partition coefficient (Wildman–Crippen LogP) is 5.61. The molecule has 156 valence electrons. The minimum atomic E-state index is -0.243. The number of hydrogen-bond donors (Lipinski definition) is 2. The van der Waals surface area contributed by atoms with Crippen molar-refractivity contribution in [2.75, 3.05) is 5.32 Å². The van der Waals surface area contributed by atoms with Crippen molar-refractivity contribution < 1.29 is 4.39 Å². The van der Waals surface area contributed by atoms with Crippen LogP contribution in [0.25, 0.3) is 11.3 Å². The molecule has 1 saturated carbocycles. The molecule has 30 heavy (non-hydrogen) atoms. The number of nitrogens with one attached hydrogen (secondary N) is 1. The number of aromatic nitrogens is 2. The van der Waals surface area contributed by atoms with Crippen LogP contribution >= 0.6 is 11.6 Å². The van der Waals surface area contributed by atoms with Gasteiger partial charge < -0.3 is 11.1 Å². The second-order valence-electron chi connectivity index (χ2n) is 8.03. The van der Waals surface area contributed by atoms with Crippen LogP contribution in [0.15, 0.2) is 54.7 Å². The van der Waals surface area contributed by atoms with E-state index in [-0.39, 0.29) is 5.82 Å². The predicted molar refractivity (Wildman–Crippen MR) is 120 cm³/mol. The van der Waals surface area contributed by atoms with Gasteiger partial charge in [0, 0.05) is 30.0 Å². The van der Waals surface area contributed by atoms with E-state index in [0.717, 1.165) is 54.6 Å². The average Bonchev–Trinajstić information content (AvgIpc) is 2.75. The molecule has 2 aromatic heterocycles. The Bertz CT molecular complexity index is 1000. The molecule has 0 saturated heterocycles. The first kappa shape index (κ1) is 20.8. The van der Waals surface area contributed by atoms with Crippen molar-refractivity contribution in [3.8, 4) is 11.3 Å². The van der Waals surface area contributed by atoms with Crippen molar-refractivity contribution in [3.05, 3.63) is 76.8 Å². The number of nitrogens with zero attached hydrogens (tertiary/aromatic N) is 2. The highest BCUT2D eigenvalue weighted by atomic mass is 35.5. The topological polar surface area (TPSA) is 63.8 Å². The van der Waals surface area contributed by atoms with Gasteiger partial charge in [-0.3, -0.25) is 4.98 Å². The lowest BCUT2D eigenvalue weighted by molar-refractivity contribution is 0.323. The number of anilines is 1. The number of pyridine rings is 2. The van der Waals surface area contributed by atoms with Crippen LogP contribution in [0.1, 0.15) is 36.9 Å². The normalized spacial score (nSPS) is 18.9. The molecular formula is C24H26ClFN4. The Kier molecular flexibility index (Phi) is 6.60. The smallest absolute Gasteiger partial charge is 0.126 e. The molecule has 0 atom stereocenters. The van der Waals surface area contributed by atoms with E-state index < -0.39 is 0 Å². The summed E-state index contributed by atoms with van der Waals surface area (Å²) >= 11 is 6.45. The van der Waals surface area contributed by atoms with Gasteiger partial charge in [-0.25, -0.2) is 9.37 Å². The molecule has 3 aromatic rings. The summed E-state index contributed by atoms with van der Waals surface area (Å²) < 4.78 is 13.4. The van der Waals surface area contributed by atoms with Crippen LogP contribution in [-0.4, -0.2) is 16.0 Å². The fraction of sp³-hybridized carbons (Fsp3) is 0.333. The molecule has 2 heterocycles. The number of hydrogen-bond acceptors (Lipinski definition) is 4. The first-order valence-electron chi connectivity index (χ1n) is 10.4. The van der Waals surface area contributed by atoms with Gasteiger partial charge in [0.25, 0.3) is 0 Å². The molecule has 0 aliphatic heterocycles. The number of benzene rings is 1. The monoisotopic (exact) mass is 424 g/mol. The van der Waals surface area contributed by atoms with Crippen LogP contribution in [0.4, 0.5) is 10.2 Å². The molecule has 1 aliphatic carbocycles. The van der Waals surface area contributed by atoms with Gasteiger partial charge >= 0.3 is 0 Å². The summed E-state index contributed by atoms with van der Waals surface area (Å²) in [6.45, 7) is 0.493. The molecule has 4 nitrogen and oxygen atoms in total. The molecule has 1 aliphatic rings. The van der Waals surface area contributed by atoms with E-state index in [4.69, 9.17) is 22.3 Å². The van der Waals surface area contributed by atoms with E-state index in [1.54, 1.807) is 12.3 Å². The maximum absolute atomic E-state index is 13.4. The first-order chi connectivity index (χ1) is 14.6. The van der Waals surface area contributed by atoms with Crippen molar-refractivity contribution in [3.63, 3.8) is 0 Å². The summed E-state index contributed by atoms with van der Waals surface area (Å²) in [6.07, 6.45) is 7.14. The fourth-order valence-electron chi connectivity index (χ4n) is 4.00. The van der Waals surface area contributed by atoms with Crippen molar-refractivity contribution >= 4 is 17.4 Å². The van der Waals surface area contributed by atoms with Gasteiger partial charge in [0.05, 0.1) is 10.7 Å². The molecule has 0 bridgehead atoms. The summed E-state index contributed by atoms with van der Waals surface area (Å²) in [4.78, 5) is 9.25. The molecule has 4 rings (SSSR count). The Morgan fingerprint density at radius 1 is 1.07 bits per heavy atom. The van der Waals surface area contributed by atoms with Crippen molar-refractivity contribution in [1.82, 2.24) is 9.97 Å². The minimum absolute atomic E-state index is 0.243. The van der Waals surface area contributed by atoms with Crippen LogP contribution in [-0.2, 0) is 13.0 Å². The molecule has 1 fully saturated rings. The van der Waals surface area contributed by atoms with Gasteiger partial charge in [-0.05, 0) is 73.9 Å². The van der Waals surface area contributed by atoms with E-state index in [1.807, 2.05) is 24.3 Å². The van der Waals surface area contributed by atoms with Gasteiger partial charge in [0.15, 0.2) is 0 Å². The van der Waals surface area contributed by atoms with Gasteiger partial charge in [0.1, 0.15) is 11.6 Å². The Hall–Kier alpha value is -2.50.